The average molecular weight is 357 g/mol. The van der Waals surface area contributed by atoms with Crippen LogP contribution in [0, 0.1) is 5.41 Å². The van der Waals surface area contributed by atoms with Gasteiger partial charge in [-0.15, -0.1) is 10.2 Å². The van der Waals surface area contributed by atoms with E-state index in [0.717, 1.165) is 38.1 Å². The summed E-state index contributed by atoms with van der Waals surface area (Å²) in [5, 5.41) is 11.1. The van der Waals surface area contributed by atoms with Gasteiger partial charge in [-0.25, -0.2) is 0 Å². The highest BCUT2D eigenvalue weighted by Gasteiger charge is 2.41. The van der Waals surface area contributed by atoms with Gasteiger partial charge in [-0.2, -0.15) is 0 Å². The topological polar surface area (TPSA) is 93.3 Å². The number of hydrogen-bond donors (Lipinski definition) is 1. The summed E-state index contributed by atoms with van der Waals surface area (Å²) >= 11 is 0. The lowest BCUT2D eigenvalue weighted by Crippen LogP contribution is -2.47. The van der Waals surface area contributed by atoms with Gasteiger partial charge in [0.05, 0.1) is 6.26 Å². The number of carbonyl (C=O) groups is 2. The molecule has 2 aliphatic heterocycles. The van der Waals surface area contributed by atoms with Gasteiger partial charge in [0.15, 0.2) is 5.76 Å². The molecule has 1 N–H and O–H groups in total. The number of aromatic nitrogens is 3. The Morgan fingerprint density at radius 2 is 2.08 bits per heavy atom. The Balaban J connectivity index is 1.46. The van der Waals surface area contributed by atoms with Crippen molar-refractivity contribution in [1.82, 2.24) is 25.0 Å². The van der Waals surface area contributed by atoms with Crippen molar-refractivity contribution in [2.45, 2.75) is 39.2 Å². The molecular weight excluding hydrogens is 334 g/mol. The van der Waals surface area contributed by atoms with E-state index in [-0.39, 0.29) is 17.2 Å². The summed E-state index contributed by atoms with van der Waals surface area (Å²) in [7, 11) is 0. The molecule has 0 saturated carbocycles. The predicted octanol–water partition coefficient (Wildman–Crippen LogP) is 1.49. The molecule has 0 unspecified atom stereocenters. The van der Waals surface area contributed by atoms with Gasteiger partial charge in [-0.1, -0.05) is 0 Å². The van der Waals surface area contributed by atoms with Crippen LogP contribution in [0.5, 0.6) is 0 Å². The Kier molecular flexibility index (Phi) is 4.26. The molecule has 8 heteroatoms. The number of likely N-dealkylation sites (tertiary alicyclic amines) is 1. The number of hydrogen-bond acceptors (Lipinski definition) is 5. The van der Waals surface area contributed by atoms with E-state index in [1.54, 1.807) is 12.1 Å². The van der Waals surface area contributed by atoms with Gasteiger partial charge in [-0.05, 0) is 43.7 Å². The zero-order valence-electron chi connectivity index (χ0n) is 14.9. The standard InChI is InChI=1S/C18H23N5O3/c1-2-19-16(24)15-21-20-14-5-6-18(12-23(14)15)7-9-22(10-8-18)17(25)13-4-3-11-26-13/h3-4,11H,2,5-10,12H2,1H3,(H,19,24). The molecule has 0 aliphatic carbocycles. The second kappa shape index (κ2) is 6.59. The Hall–Kier alpha value is -2.64. The molecule has 1 spiro atoms. The van der Waals surface area contributed by atoms with E-state index < -0.39 is 0 Å². The zero-order valence-corrected chi connectivity index (χ0v) is 14.9. The largest absolute Gasteiger partial charge is 0.459 e. The van der Waals surface area contributed by atoms with Crippen LogP contribution >= 0.6 is 0 Å². The second-order valence-corrected chi connectivity index (χ2v) is 7.15. The number of piperidine rings is 1. The van der Waals surface area contributed by atoms with Crippen molar-refractivity contribution in [1.29, 1.82) is 0 Å². The van der Waals surface area contributed by atoms with E-state index >= 15 is 0 Å². The molecule has 1 fully saturated rings. The Morgan fingerprint density at radius 1 is 1.27 bits per heavy atom. The SMILES string of the molecule is CCNC(=O)c1nnc2n1CC1(CC2)CCN(C(=O)c2ccco2)CC1. The van der Waals surface area contributed by atoms with Crippen LogP contribution in [0.1, 0.15) is 53.2 Å². The first-order valence-electron chi connectivity index (χ1n) is 9.15. The monoisotopic (exact) mass is 357 g/mol. The van der Waals surface area contributed by atoms with Gasteiger partial charge in [0, 0.05) is 32.6 Å². The van der Waals surface area contributed by atoms with Crippen LogP contribution in [0.15, 0.2) is 22.8 Å². The van der Waals surface area contributed by atoms with Crippen LogP contribution in [-0.2, 0) is 13.0 Å². The molecule has 0 atom stereocenters. The molecule has 0 bridgehead atoms. The highest BCUT2D eigenvalue weighted by molar-refractivity contribution is 5.91. The number of rotatable bonds is 3. The van der Waals surface area contributed by atoms with E-state index in [9.17, 15) is 9.59 Å². The van der Waals surface area contributed by atoms with E-state index in [2.05, 4.69) is 15.5 Å². The number of nitrogens with zero attached hydrogens (tertiary/aromatic N) is 4. The fraction of sp³-hybridized carbons (Fsp3) is 0.556. The summed E-state index contributed by atoms with van der Waals surface area (Å²) in [4.78, 5) is 26.5. The molecule has 8 nitrogen and oxygen atoms in total. The van der Waals surface area contributed by atoms with Gasteiger partial charge in [0.25, 0.3) is 11.8 Å². The maximum absolute atomic E-state index is 12.5. The molecule has 2 aromatic heterocycles. The lowest BCUT2D eigenvalue weighted by atomic mass is 9.73. The van der Waals surface area contributed by atoms with E-state index in [4.69, 9.17) is 4.42 Å². The first-order chi connectivity index (χ1) is 12.6. The van der Waals surface area contributed by atoms with Crippen molar-refractivity contribution in [3.63, 3.8) is 0 Å². The first kappa shape index (κ1) is 16.8. The molecule has 1 saturated heterocycles. The predicted molar refractivity (Wildman–Crippen MR) is 92.6 cm³/mol. The van der Waals surface area contributed by atoms with Gasteiger partial charge in [-0.3, -0.25) is 9.59 Å². The quantitative estimate of drug-likeness (QED) is 0.898. The van der Waals surface area contributed by atoms with E-state index in [1.807, 2.05) is 16.4 Å². The Bertz CT molecular complexity index is 803. The summed E-state index contributed by atoms with van der Waals surface area (Å²) < 4.78 is 7.20. The van der Waals surface area contributed by atoms with Crippen molar-refractivity contribution in [3.05, 3.63) is 35.8 Å². The second-order valence-electron chi connectivity index (χ2n) is 7.15. The van der Waals surface area contributed by atoms with E-state index in [1.165, 1.54) is 6.26 Å². The summed E-state index contributed by atoms with van der Waals surface area (Å²) in [5.41, 5.74) is 0.0938. The molecule has 0 aromatic carbocycles. The van der Waals surface area contributed by atoms with Crippen LogP contribution < -0.4 is 5.32 Å². The molecular formula is C18H23N5O3. The van der Waals surface area contributed by atoms with Gasteiger partial charge >= 0.3 is 0 Å². The van der Waals surface area contributed by atoms with Crippen molar-refractivity contribution in [2.75, 3.05) is 19.6 Å². The fourth-order valence-corrected chi connectivity index (χ4v) is 4.03. The number of carbonyl (C=O) groups excluding carboxylic acids is 2. The normalized spacial score (nSPS) is 18.6. The first-order valence-corrected chi connectivity index (χ1v) is 9.15. The Morgan fingerprint density at radius 3 is 2.77 bits per heavy atom. The molecule has 4 heterocycles. The minimum absolute atomic E-state index is 0.0475. The molecule has 26 heavy (non-hydrogen) atoms. The van der Waals surface area contributed by atoms with Crippen molar-refractivity contribution >= 4 is 11.8 Å². The van der Waals surface area contributed by atoms with Crippen molar-refractivity contribution in [2.24, 2.45) is 5.41 Å². The molecule has 0 radical (unpaired) electrons. The molecule has 4 rings (SSSR count). The van der Waals surface area contributed by atoms with Gasteiger partial charge in [0.2, 0.25) is 5.82 Å². The fourth-order valence-electron chi connectivity index (χ4n) is 4.03. The number of amides is 2. The van der Waals surface area contributed by atoms with Crippen molar-refractivity contribution < 1.29 is 14.0 Å². The highest BCUT2D eigenvalue weighted by Crippen LogP contribution is 2.41. The number of furan rings is 1. The van der Waals surface area contributed by atoms with Crippen LogP contribution in [0.3, 0.4) is 0 Å². The molecule has 138 valence electrons. The highest BCUT2D eigenvalue weighted by atomic mass is 16.3. The lowest BCUT2D eigenvalue weighted by molar-refractivity contribution is 0.0440. The third-order valence-corrected chi connectivity index (χ3v) is 5.58. The van der Waals surface area contributed by atoms with Crippen molar-refractivity contribution in [3.8, 4) is 0 Å². The van der Waals surface area contributed by atoms with Gasteiger partial charge in [0.1, 0.15) is 5.82 Å². The molecule has 2 amide bonds. The lowest BCUT2D eigenvalue weighted by Gasteiger charge is -2.44. The number of fused-ring (bicyclic) bond motifs is 1. The zero-order chi connectivity index (χ0) is 18.1. The average Bonchev–Trinajstić information content (AvgIpc) is 3.31. The molecule has 2 aliphatic rings. The van der Waals surface area contributed by atoms with Crippen LogP contribution in [-0.4, -0.2) is 51.1 Å². The summed E-state index contributed by atoms with van der Waals surface area (Å²) in [6.07, 6.45) is 5.18. The smallest absolute Gasteiger partial charge is 0.289 e. The minimum Gasteiger partial charge on any atom is -0.459 e. The third-order valence-electron chi connectivity index (χ3n) is 5.58. The third kappa shape index (κ3) is 2.89. The van der Waals surface area contributed by atoms with Crippen LogP contribution in [0.2, 0.25) is 0 Å². The maximum Gasteiger partial charge on any atom is 0.289 e. The van der Waals surface area contributed by atoms with Gasteiger partial charge < -0.3 is 19.2 Å². The van der Waals surface area contributed by atoms with E-state index in [0.29, 0.717) is 31.2 Å². The summed E-state index contributed by atoms with van der Waals surface area (Å²) in [6, 6.07) is 3.44. The van der Waals surface area contributed by atoms with Crippen LogP contribution in [0.25, 0.3) is 0 Å². The molecule has 2 aromatic rings. The van der Waals surface area contributed by atoms with Crippen LogP contribution in [0.4, 0.5) is 0 Å². The number of nitrogens with one attached hydrogen (secondary N) is 1. The summed E-state index contributed by atoms with van der Waals surface area (Å²) in [6.45, 7) is 4.60. The number of aryl methyl sites for hydroxylation is 1. The maximum atomic E-state index is 12.5. The Labute approximate surface area is 151 Å². The summed E-state index contributed by atoms with van der Waals surface area (Å²) in [5.74, 6) is 1.45. The minimum atomic E-state index is -0.172.